The Bertz CT molecular complexity index is 558. The summed E-state index contributed by atoms with van der Waals surface area (Å²) in [6, 6.07) is 5.69. The maximum atomic E-state index is 10.8. The van der Waals surface area contributed by atoms with E-state index in [4.69, 9.17) is 5.73 Å². The van der Waals surface area contributed by atoms with Crippen molar-refractivity contribution in [3.63, 3.8) is 0 Å². The zero-order valence-electron chi connectivity index (χ0n) is 8.08. The molecule has 2 aromatic rings. The molecule has 0 atom stereocenters. The van der Waals surface area contributed by atoms with E-state index in [1.165, 1.54) is 0 Å². The number of benzene rings is 1. The molecule has 0 radical (unpaired) electrons. The predicted octanol–water partition coefficient (Wildman–Crippen LogP) is 1.29. The molecule has 0 unspecified atom stereocenters. The molecule has 0 amide bonds. The van der Waals surface area contributed by atoms with E-state index < -0.39 is 0 Å². The predicted molar refractivity (Wildman–Crippen MR) is 59.6 cm³/mol. The van der Waals surface area contributed by atoms with E-state index in [0.717, 1.165) is 22.8 Å². The molecule has 1 heterocycles. The van der Waals surface area contributed by atoms with Crippen molar-refractivity contribution in [3.05, 3.63) is 35.5 Å². The molecule has 2 rings (SSSR count). The average molecular weight is 198 g/mol. The SMILES string of the molecule is NCC#Cc1cccc2[nH]cc(C=O)c12. The van der Waals surface area contributed by atoms with Gasteiger partial charge in [-0.1, -0.05) is 17.9 Å². The van der Waals surface area contributed by atoms with Crippen molar-refractivity contribution >= 4 is 17.2 Å². The third-order valence-electron chi connectivity index (χ3n) is 2.19. The van der Waals surface area contributed by atoms with Gasteiger partial charge in [-0.2, -0.15) is 0 Å². The molecule has 0 spiro atoms. The number of aromatic amines is 1. The number of nitrogens with one attached hydrogen (secondary N) is 1. The highest BCUT2D eigenvalue weighted by Crippen LogP contribution is 2.20. The van der Waals surface area contributed by atoms with Gasteiger partial charge in [-0.15, -0.1) is 0 Å². The van der Waals surface area contributed by atoms with Crippen LogP contribution in [0.4, 0.5) is 0 Å². The van der Waals surface area contributed by atoms with Gasteiger partial charge >= 0.3 is 0 Å². The minimum atomic E-state index is 0.317. The molecule has 74 valence electrons. The van der Waals surface area contributed by atoms with Crippen molar-refractivity contribution in [2.24, 2.45) is 5.73 Å². The fourth-order valence-electron chi connectivity index (χ4n) is 1.55. The summed E-state index contributed by atoms with van der Waals surface area (Å²) >= 11 is 0. The average Bonchev–Trinajstić information content (AvgIpc) is 2.69. The number of hydrogen-bond acceptors (Lipinski definition) is 2. The summed E-state index contributed by atoms with van der Waals surface area (Å²) in [4.78, 5) is 13.8. The van der Waals surface area contributed by atoms with Crippen LogP contribution in [-0.2, 0) is 0 Å². The molecule has 3 heteroatoms. The quantitative estimate of drug-likeness (QED) is 0.536. The van der Waals surface area contributed by atoms with Crippen LogP contribution in [0.1, 0.15) is 15.9 Å². The van der Waals surface area contributed by atoms with Crippen LogP contribution in [0.15, 0.2) is 24.4 Å². The first-order valence-electron chi connectivity index (χ1n) is 4.61. The van der Waals surface area contributed by atoms with Gasteiger partial charge in [0.1, 0.15) is 0 Å². The van der Waals surface area contributed by atoms with Crippen LogP contribution in [0.3, 0.4) is 0 Å². The lowest BCUT2D eigenvalue weighted by atomic mass is 10.1. The van der Waals surface area contributed by atoms with E-state index in [2.05, 4.69) is 16.8 Å². The summed E-state index contributed by atoms with van der Waals surface area (Å²) < 4.78 is 0. The Kier molecular flexibility index (Phi) is 2.53. The first-order valence-corrected chi connectivity index (χ1v) is 4.61. The van der Waals surface area contributed by atoms with Gasteiger partial charge in [0.2, 0.25) is 0 Å². The zero-order chi connectivity index (χ0) is 10.7. The Morgan fingerprint density at radius 1 is 1.47 bits per heavy atom. The molecule has 0 aliphatic heterocycles. The lowest BCUT2D eigenvalue weighted by Gasteiger charge is -1.95. The van der Waals surface area contributed by atoms with E-state index in [9.17, 15) is 4.79 Å². The fourth-order valence-corrected chi connectivity index (χ4v) is 1.55. The Balaban J connectivity index is 2.72. The third kappa shape index (κ3) is 1.63. The highest BCUT2D eigenvalue weighted by molar-refractivity contribution is 6.00. The number of aldehydes is 1. The molecule has 0 saturated heterocycles. The second-order valence-corrected chi connectivity index (χ2v) is 3.10. The largest absolute Gasteiger partial charge is 0.360 e. The summed E-state index contributed by atoms with van der Waals surface area (Å²) in [5, 5.41) is 0.869. The van der Waals surface area contributed by atoms with E-state index in [1.54, 1.807) is 6.20 Å². The monoisotopic (exact) mass is 198 g/mol. The highest BCUT2D eigenvalue weighted by atomic mass is 16.1. The number of fused-ring (bicyclic) bond motifs is 1. The second kappa shape index (κ2) is 3.99. The Morgan fingerprint density at radius 2 is 2.33 bits per heavy atom. The van der Waals surface area contributed by atoms with Crippen LogP contribution >= 0.6 is 0 Å². The summed E-state index contributed by atoms with van der Waals surface area (Å²) in [6.07, 6.45) is 2.51. The number of H-pyrrole nitrogens is 1. The molecule has 0 fully saturated rings. The Morgan fingerprint density at radius 3 is 3.07 bits per heavy atom. The highest BCUT2D eigenvalue weighted by Gasteiger charge is 2.05. The summed E-state index contributed by atoms with van der Waals surface area (Å²) in [6.45, 7) is 0.317. The fraction of sp³-hybridized carbons (Fsp3) is 0.0833. The summed E-state index contributed by atoms with van der Waals surface area (Å²) in [5.41, 5.74) is 7.70. The number of aromatic nitrogens is 1. The second-order valence-electron chi connectivity index (χ2n) is 3.10. The molecule has 0 aliphatic carbocycles. The molecule has 0 aliphatic rings. The van der Waals surface area contributed by atoms with Gasteiger partial charge in [0.15, 0.2) is 6.29 Å². The van der Waals surface area contributed by atoms with Gasteiger partial charge in [-0.05, 0) is 12.1 Å². The molecule has 15 heavy (non-hydrogen) atoms. The first-order chi connectivity index (χ1) is 7.36. The van der Waals surface area contributed by atoms with Gasteiger partial charge in [0, 0.05) is 28.2 Å². The smallest absolute Gasteiger partial charge is 0.152 e. The number of rotatable bonds is 1. The number of nitrogens with two attached hydrogens (primary N) is 1. The molecule has 1 aromatic heterocycles. The Labute approximate surface area is 87.3 Å². The van der Waals surface area contributed by atoms with Gasteiger partial charge in [0.25, 0.3) is 0 Å². The summed E-state index contributed by atoms with van der Waals surface area (Å²) in [7, 11) is 0. The van der Waals surface area contributed by atoms with E-state index >= 15 is 0 Å². The van der Waals surface area contributed by atoms with E-state index in [1.807, 2.05) is 18.2 Å². The maximum Gasteiger partial charge on any atom is 0.152 e. The lowest BCUT2D eigenvalue weighted by Crippen LogP contribution is -1.93. The van der Waals surface area contributed by atoms with Gasteiger partial charge < -0.3 is 10.7 Å². The van der Waals surface area contributed by atoms with Crippen molar-refractivity contribution in [3.8, 4) is 11.8 Å². The van der Waals surface area contributed by atoms with Gasteiger partial charge in [0.05, 0.1) is 6.54 Å². The van der Waals surface area contributed by atoms with Crippen LogP contribution in [0.2, 0.25) is 0 Å². The minimum Gasteiger partial charge on any atom is -0.360 e. The third-order valence-corrected chi connectivity index (χ3v) is 2.19. The van der Waals surface area contributed by atoms with Crippen molar-refractivity contribution < 1.29 is 4.79 Å². The molecule has 0 bridgehead atoms. The topological polar surface area (TPSA) is 58.9 Å². The molecule has 3 N–H and O–H groups in total. The number of hydrogen-bond donors (Lipinski definition) is 2. The number of carbonyl (C=O) groups is 1. The standard InChI is InChI=1S/C12H10N2O/c13-6-2-4-9-3-1-5-11-12(9)10(8-15)7-14-11/h1,3,5,7-8,14H,6,13H2. The lowest BCUT2D eigenvalue weighted by molar-refractivity contribution is 0.112. The summed E-state index contributed by atoms with van der Waals surface area (Å²) in [5.74, 6) is 5.74. The zero-order valence-corrected chi connectivity index (χ0v) is 8.08. The Hall–Kier alpha value is -2.05. The van der Waals surface area contributed by atoms with Crippen LogP contribution in [0.5, 0.6) is 0 Å². The van der Waals surface area contributed by atoms with E-state index in [0.29, 0.717) is 12.1 Å². The van der Waals surface area contributed by atoms with Crippen LogP contribution < -0.4 is 5.73 Å². The van der Waals surface area contributed by atoms with Crippen molar-refractivity contribution in [2.45, 2.75) is 0 Å². The van der Waals surface area contributed by atoms with Gasteiger partial charge in [-0.3, -0.25) is 4.79 Å². The van der Waals surface area contributed by atoms with Gasteiger partial charge in [-0.25, -0.2) is 0 Å². The molecule has 1 aromatic carbocycles. The normalized spacial score (nSPS) is 9.67. The number of carbonyl (C=O) groups excluding carboxylic acids is 1. The maximum absolute atomic E-state index is 10.8. The minimum absolute atomic E-state index is 0.317. The van der Waals surface area contributed by atoms with Crippen LogP contribution in [-0.4, -0.2) is 17.8 Å². The molecular weight excluding hydrogens is 188 g/mol. The van der Waals surface area contributed by atoms with Crippen LogP contribution in [0, 0.1) is 11.8 Å². The van der Waals surface area contributed by atoms with Crippen molar-refractivity contribution in [1.29, 1.82) is 0 Å². The first kappa shape index (κ1) is 9.50. The molecular formula is C12H10N2O. The van der Waals surface area contributed by atoms with Crippen molar-refractivity contribution in [1.82, 2.24) is 4.98 Å². The molecule has 3 nitrogen and oxygen atoms in total. The van der Waals surface area contributed by atoms with Crippen LogP contribution in [0.25, 0.3) is 10.9 Å². The van der Waals surface area contributed by atoms with E-state index in [-0.39, 0.29) is 0 Å². The molecule has 0 saturated carbocycles. The van der Waals surface area contributed by atoms with Crippen molar-refractivity contribution in [2.75, 3.05) is 6.54 Å².